The largest absolute Gasteiger partial charge is 0.456 e. The highest BCUT2D eigenvalue weighted by atomic mass is 35.5. The van der Waals surface area contributed by atoms with E-state index in [1.54, 1.807) is 0 Å². The number of hydrogen-bond donors (Lipinski definition) is 0. The molecule has 0 fully saturated rings. The van der Waals surface area contributed by atoms with Crippen LogP contribution in [0.2, 0.25) is 10.0 Å². The molecule has 0 amide bonds. The normalized spacial score (nSPS) is 15.1. The van der Waals surface area contributed by atoms with E-state index in [1.807, 2.05) is 24.3 Å². The minimum absolute atomic E-state index is 0.247. The van der Waals surface area contributed by atoms with Crippen molar-refractivity contribution in [3.05, 3.63) is 129 Å². The van der Waals surface area contributed by atoms with E-state index in [-0.39, 0.29) is 5.41 Å². The molecule has 0 unspecified atom stereocenters. The Morgan fingerprint density at radius 1 is 0.537 bits per heavy atom. The number of benzene rings is 6. The lowest BCUT2D eigenvalue weighted by Gasteiger charge is -2.37. The monoisotopic (exact) mass is 566 g/mol. The van der Waals surface area contributed by atoms with Crippen molar-refractivity contribution in [3.8, 4) is 11.1 Å². The topological polar surface area (TPSA) is 26.3 Å². The fraction of sp³-hybridized carbons (Fsp3) is 0.0811. The van der Waals surface area contributed by atoms with Crippen LogP contribution in [0.25, 0.3) is 65.8 Å². The molecule has 6 aromatic carbocycles. The van der Waals surface area contributed by atoms with Crippen LogP contribution in [0, 0.1) is 0 Å². The smallest absolute Gasteiger partial charge is 0.139 e. The van der Waals surface area contributed by atoms with Crippen LogP contribution in [-0.4, -0.2) is 0 Å². The second-order valence-electron chi connectivity index (χ2n) is 11.6. The van der Waals surface area contributed by atoms with Gasteiger partial charge in [-0.25, -0.2) is 0 Å². The molecule has 0 aliphatic heterocycles. The van der Waals surface area contributed by atoms with E-state index in [0.29, 0.717) is 10.0 Å². The quantitative estimate of drug-likeness (QED) is 0.182. The van der Waals surface area contributed by atoms with E-state index in [0.717, 1.165) is 56.7 Å². The van der Waals surface area contributed by atoms with Gasteiger partial charge in [-0.3, -0.25) is 0 Å². The molecule has 41 heavy (non-hydrogen) atoms. The predicted molar refractivity (Wildman–Crippen MR) is 169 cm³/mol. The Balaban J connectivity index is 1.41. The Morgan fingerprint density at radius 2 is 1.02 bits per heavy atom. The van der Waals surface area contributed by atoms with Gasteiger partial charge in [-0.2, -0.15) is 0 Å². The van der Waals surface area contributed by atoms with Gasteiger partial charge in [0, 0.05) is 60.3 Å². The van der Waals surface area contributed by atoms with Crippen molar-refractivity contribution in [2.75, 3.05) is 0 Å². The summed E-state index contributed by atoms with van der Waals surface area (Å²) in [4.78, 5) is 0. The molecule has 0 saturated carbocycles. The van der Waals surface area contributed by atoms with Gasteiger partial charge in [0.25, 0.3) is 0 Å². The van der Waals surface area contributed by atoms with Crippen molar-refractivity contribution in [3.63, 3.8) is 0 Å². The fourth-order valence-corrected chi connectivity index (χ4v) is 8.29. The average molecular weight is 567 g/mol. The molecule has 0 atom stereocenters. The zero-order chi connectivity index (χ0) is 27.0. The Hall–Kier alpha value is -4.24. The molecule has 4 heteroatoms. The number of hydrogen-bond acceptors (Lipinski definition) is 2. The molecular formula is C37H20Cl2O2. The zero-order valence-corrected chi connectivity index (χ0v) is 23.2. The SMILES string of the molecule is Clc1ccc2c(c1)oc1c3c4c(c5oc6cc(Cl)ccc6c5cc4cc12)CC1(C3)c2ccccc2-c2ccccc21. The first kappa shape index (κ1) is 22.4. The Kier molecular flexibility index (Phi) is 4.12. The van der Waals surface area contributed by atoms with Crippen LogP contribution in [0.1, 0.15) is 22.3 Å². The van der Waals surface area contributed by atoms with Gasteiger partial charge in [0.1, 0.15) is 22.3 Å². The number of rotatable bonds is 0. The van der Waals surface area contributed by atoms with Gasteiger partial charge < -0.3 is 8.83 Å². The molecule has 2 aliphatic rings. The first-order chi connectivity index (χ1) is 20.1. The zero-order valence-electron chi connectivity index (χ0n) is 21.7. The van der Waals surface area contributed by atoms with E-state index in [9.17, 15) is 0 Å². The summed E-state index contributed by atoms with van der Waals surface area (Å²) in [7, 11) is 0. The molecule has 2 heterocycles. The van der Waals surface area contributed by atoms with Gasteiger partial charge in [-0.05, 0) is 82.3 Å². The van der Waals surface area contributed by atoms with Crippen molar-refractivity contribution in [1.82, 2.24) is 0 Å². The molecule has 8 aromatic rings. The molecule has 0 N–H and O–H groups in total. The van der Waals surface area contributed by atoms with Crippen LogP contribution in [0.3, 0.4) is 0 Å². The molecule has 194 valence electrons. The van der Waals surface area contributed by atoms with Crippen molar-refractivity contribution in [1.29, 1.82) is 0 Å². The molecule has 0 bridgehead atoms. The minimum atomic E-state index is -0.247. The summed E-state index contributed by atoms with van der Waals surface area (Å²) < 4.78 is 13.4. The Bertz CT molecular complexity index is 2290. The Morgan fingerprint density at radius 3 is 1.54 bits per heavy atom. The molecular weight excluding hydrogens is 547 g/mol. The maximum atomic E-state index is 6.69. The lowest BCUT2D eigenvalue weighted by atomic mass is 9.65. The van der Waals surface area contributed by atoms with Crippen LogP contribution >= 0.6 is 23.2 Å². The third-order valence-electron chi connectivity index (χ3n) is 9.55. The maximum absolute atomic E-state index is 6.69. The van der Waals surface area contributed by atoms with E-state index in [2.05, 4.69) is 72.8 Å². The summed E-state index contributed by atoms with van der Waals surface area (Å²) in [6.07, 6.45) is 1.68. The lowest BCUT2D eigenvalue weighted by molar-refractivity contribution is 0.507. The van der Waals surface area contributed by atoms with E-state index >= 15 is 0 Å². The highest BCUT2D eigenvalue weighted by Gasteiger charge is 2.47. The molecule has 0 saturated heterocycles. The summed E-state index contributed by atoms with van der Waals surface area (Å²) in [5.41, 5.74) is 11.1. The van der Waals surface area contributed by atoms with Crippen molar-refractivity contribution in [2.24, 2.45) is 0 Å². The third kappa shape index (κ3) is 2.75. The maximum Gasteiger partial charge on any atom is 0.139 e. The molecule has 10 rings (SSSR count). The minimum Gasteiger partial charge on any atom is -0.456 e. The van der Waals surface area contributed by atoms with E-state index < -0.39 is 0 Å². The summed E-state index contributed by atoms with van der Waals surface area (Å²) in [6.45, 7) is 0. The standard InChI is InChI=1S/C37H20Cl2O2/c38-20-9-11-24-26-13-19-14-27-25-12-10-21(39)16-33(25)41-36(27)29-18-37(17-28(34(19)29)35(26)40-32(24)15-20)30-7-3-1-5-22(30)23-6-2-4-8-31(23)37/h1-16H,17-18H2. The number of fused-ring (bicyclic) bond motifs is 13. The van der Waals surface area contributed by atoms with E-state index in [4.69, 9.17) is 32.0 Å². The van der Waals surface area contributed by atoms with Crippen LogP contribution in [-0.2, 0) is 18.3 Å². The van der Waals surface area contributed by atoms with Crippen molar-refractivity contribution in [2.45, 2.75) is 18.3 Å². The molecule has 2 nitrogen and oxygen atoms in total. The van der Waals surface area contributed by atoms with Gasteiger partial charge in [0.2, 0.25) is 0 Å². The first-order valence-electron chi connectivity index (χ1n) is 13.9. The summed E-state index contributed by atoms with van der Waals surface area (Å²) in [6, 6.07) is 34.3. The fourth-order valence-electron chi connectivity index (χ4n) is 7.97. The molecule has 0 radical (unpaired) electrons. The summed E-state index contributed by atoms with van der Waals surface area (Å²) in [5.74, 6) is 0. The molecule has 1 spiro atoms. The second kappa shape index (κ2) is 7.53. The summed E-state index contributed by atoms with van der Waals surface area (Å²) >= 11 is 12.8. The Labute approximate surface area is 244 Å². The van der Waals surface area contributed by atoms with Crippen LogP contribution in [0.5, 0.6) is 0 Å². The molecule has 2 aromatic heterocycles. The second-order valence-corrected chi connectivity index (χ2v) is 12.4. The van der Waals surface area contributed by atoms with E-state index in [1.165, 1.54) is 44.2 Å². The number of furan rings is 2. The van der Waals surface area contributed by atoms with Gasteiger partial charge in [-0.15, -0.1) is 0 Å². The van der Waals surface area contributed by atoms with Crippen LogP contribution in [0.4, 0.5) is 0 Å². The van der Waals surface area contributed by atoms with Gasteiger partial charge >= 0.3 is 0 Å². The van der Waals surface area contributed by atoms with Gasteiger partial charge in [-0.1, -0.05) is 71.7 Å². The highest BCUT2D eigenvalue weighted by Crippen LogP contribution is 2.57. The highest BCUT2D eigenvalue weighted by molar-refractivity contribution is 6.32. The van der Waals surface area contributed by atoms with Gasteiger partial charge in [0.05, 0.1) is 0 Å². The first-order valence-corrected chi connectivity index (χ1v) is 14.7. The predicted octanol–water partition coefficient (Wildman–Crippen LogP) is 11.0. The van der Waals surface area contributed by atoms with Gasteiger partial charge in [0.15, 0.2) is 0 Å². The average Bonchev–Trinajstić information content (AvgIpc) is 3.62. The third-order valence-corrected chi connectivity index (χ3v) is 10.0. The van der Waals surface area contributed by atoms with Crippen molar-refractivity contribution < 1.29 is 8.83 Å². The summed E-state index contributed by atoms with van der Waals surface area (Å²) in [5, 5.41) is 8.21. The van der Waals surface area contributed by atoms with Crippen LogP contribution < -0.4 is 0 Å². The van der Waals surface area contributed by atoms with Crippen LogP contribution in [0.15, 0.2) is 106 Å². The number of halogens is 2. The molecule has 2 aliphatic carbocycles. The lowest BCUT2D eigenvalue weighted by Crippen LogP contribution is -2.34. The van der Waals surface area contributed by atoms with Crippen molar-refractivity contribution >= 4 is 77.9 Å².